The summed E-state index contributed by atoms with van der Waals surface area (Å²) in [6.07, 6.45) is -0.0551. The van der Waals surface area contributed by atoms with Crippen molar-refractivity contribution in [2.45, 2.75) is 75.9 Å². The van der Waals surface area contributed by atoms with Crippen LogP contribution in [0.25, 0.3) is 0 Å². The fourth-order valence-electron chi connectivity index (χ4n) is 3.31. The molecule has 1 N–H and O–H groups in total. The molecule has 0 aromatic rings. The molecular formula is C15H24O6. The Morgan fingerprint density at radius 1 is 1.19 bits per heavy atom. The van der Waals surface area contributed by atoms with Crippen LogP contribution in [0.3, 0.4) is 0 Å². The molecule has 3 rings (SSSR count). The molecule has 3 aliphatic heterocycles. The Kier molecular flexibility index (Phi) is 3.48. The Balaban J connectivity index is 1.92. The molecule has 6 nitrogen and oxygen atoms in total. The van der Waals surface area contributed by atoms with Crippen LogP contribution in [-0.4, -0.2) is 53.5 Å². The van der Waals surface area contributed by atoms with Crippen molar-refractivity contribution in [3.8, 4) is 0 Å². The van der Waals surface area contributed by atoms with Crippen molar-refractivity contribution in [2.75, 3.05) is 6.61 Å². The van der Waals surface area contributed by atoms with Crippen LogP contribution in [0.1, 0.15) is 34.1 Å². The van der Waals surface area contributed by atoms with Crippen LogP contribution in [0.15, 0.2) is 12.7 Å². The monoisotopic (exact) mass is 300 g/mol. The fourth-order valence-corrected chi connectivity index (χ4v) is 3.31. The summed E-state index contributed by atoms with van der Waals surface area (Å²) in [7, 11) is 0. The van der Waals surface area contributed by atoms with Crippen LogP contribution < -0.4 is 0 Å². The van der Waals surface area contributed by atoms with Crippen LogP contribution in [-0.2, 0) is 23.7 Å². The Bertz CT molecular complexity index is 434. The molecular weight excluding hydrogens is 276 g/mol. The van der Waals surface area contributed by atoms with Gasteiger partial charge in [0.2, 0.25) is 5.79 Å². The van der Waals surface area contributed by atoms with E-state index >= 15 is 0 Å². The lowest BCUT2D eigenvalue weighted by atomic mass is 9.97. The molecule has 0 spiro atoms. The van der Waals surface area contributed by atoms with E-state index in [9.17, 15) is 5.11 Å². The summed E-state index contributed by atoms with van der Waals surface area (Å²) in [5.74, 6) is -2.79. The molecule has 0 unspecified atom stereocenters. The first-order chi connectivity index (χ1) is 9.69. The molecule has 0 aromatic carbocycles. The van der Waals surface area contributed by atoms with Gasteiger partial charge >= 0.3 is 0 Å². The fraction of sp³-hybridized carbons (Fsp3) is 0.867. The third kappa shape index (κ3) is 2.44. The summed E-state index contributed by atoms with van der Waals surface area (Å²) in [4.78, 5) is 0. The molecule has 0 radical (unpaired) electrons. The number of rotatable bonds is 3. The maximum absolute atomic E-state index is 10.5. The second kappa shape index (κ2) is 4.75. The predicted octanol–water partition coefficient (Wildman–Crippen LogP) is 1.32. The minimum Gasteiger partial charge on any atom is -0.387 e. The second-order valence-electron chi connectivity index (χ2n) is 6.75. The van der Waals surface area contributed by atoms with Crippen molar-refractivity contribution in [1.29, 1.82) is 0 Å². The van der Waals surface area contributed by atoms with Gasteiger partial charge in [-0.3, -0.25) is 0 Å². The van der Waals surface area contributed by atoms with Gasteiger partial charge in [-0.2, -0.15) is 0 Å². The topological polar surface area (TPSA) is 66.4 Å². The maximum atomic E-state index is 10.5. The SMILES string of the molecule is C=CC[C@@H](O)[C@@]12O[C@H]3COC(C)(C)O[C@H]3[C@@H]1OC(C)(C)O2. The number of hydrogen-bond acceptors (Lipinski definition) is 6. The summed E-state index contributed by atoms with van der Waals surface area (Å²) in [6.45, 7) is 11.4. The summed E-state index contributed by atoms with van der Waals surface area (Å²) in [5.41, 5.74) is 0. The zero-order chi connectivity index (χ0) is 15.5. The van der Waals surface area contributed by atoms with Crippen molar-refractivity contribution in [3.05, 3.63) is 12.7 Å². The first-order valence-corrected chi connectivity index (χ1v) is 7.36. The molecule has 6 heteroatoms. The molecule has 0 aromatic heterocycles. The van der Waals surface area contributed by atoms with E-state index in [2.05, 4.69) is 6.58 Å². The van der Waals surface area contributed by atoms with Crippen LogP contribution in [0, 0.1) is 0 Å². The second-order valence-corrected chi connectivity index (χ2v) is 6.75. The van der Waals surface area contributed by atoms with E-state index < -0.39 is 29.6 Å². The lowest BCUT2D eigenvalue weighted by Crippen LogP contribution is -2.53. The number of hydrogen-bond donors (Lipinski definition) is 1. The number of fused-ring (bicyclic) bond motifs is 3. The Morgan fingerprint density at radius 2 is 1.90 bits per heavy atom. The highest BCUT2D eigenvalue weighted by Crippen LogP contribution is 2.50. The largest absolute Gasteiger partial charge is 0.387 e. The molecule has 0 amide bonds. The molecule has 3 fully saturated rings. The molecule has 0 aliphatic carbocycles. The third-order valence-electron chi connectivity index (χ3n) is 4.08. The van der Waals surface area contributed by atoms with Gasteiger partial charge < -0.3 is 28.8 Å². The minimum atomic E-state index is -1.24. The van der Waals surface area contributed by atoms with Gasteiger partial charge in [-0.15, -0.1) is 6.58 Å². The molecule has 5 atom stereocenters. The summed E-state index contributed by atoms with van der Waals surface area (Å²) < 4.78 is 29.6. The van der Waals surface area contributed by atoms with Crippen LogP contribution in [0.5, 0.6) is 0 Å². The average molecular weight is 300 g/mol. The van der Waals surface area contributed by atoms with Gasteiger partial charge in [-0.1, -0.05) is 6.08 Å². The van der Waals surface area contributed by atoms with Crippen LogP contribution in [0.4, 0.5) is 0 Å². The first-order valence-electron chi connectivity index (χ1n) is 7.36. The standard InChI is InChI=1S/C15H24O6/c1-6-7-10(16)15-12(20-14(4,5)21-15)11-9(18-15)8-17-13(2,3)19-11/h6,9-12,16H,1,7-8H2,2-5H3/t9-,10+,11+,12-,15-/m0/s1. The molecule has 120 valence electrons. The van der Waals surface area contributed by atoms with Crippen molar-refractivity contribution in [3.63, 3.8) is 0 Å². The number of ether oxygens (including phenoxy) is 5. The highest BCUT2D eigenvalue weighted by molar-refractivity contribution is 5.08. The molecule has 3 aliphatic rings. The third-order valence-corrected chi connectivity index (χ3v) is 4.08. The van der Waals surface area contributed by atoms with Gasteiger partial charge in [0.25, 0.3) is 0 Å². The van der Waals surface area contributed by atoms with E-state index in [1.807, 2.05) is 13.8 Å². The van der Waals surface area contributed by atoms with Gasteiger partial charge in [0, 0.05) is 0 Å². The molecule has 21 heavy (non-hydrogen) atoms. The van der Waals surface area contributed by atoms with E-state index in [1.165, 1.54) is 0 Å². The van der Waals surface area contributed by atoms with Gasteiger partial charge in [0.1, 0.15) is 24.4 Å². The first kappa shape index (κ1) is 15.4. The van der Waals surface area contributed by atoms with E-state index in [0.717, 1.165) is 0 Å². The lowest BCUT2D eigenvalue weighted by molar-refractivity contribution is -0.335. The Labute approximate surface area is 125 Å². The quantitative estimate of drug-likeness (QED) is 0.793. The van der Waals surface area contributed by atoms with E-state index in [-0.39, 0.29) is 12.2 Å². The summed E-state index contributed by atoms with van der Waals surface area (Å²) in [6, 6.07) is 0. The average Bonchev–Trinajstić information content (AvgIpc) is 2.78. The van der Waals surface area contributed by atoms with Crippen molar-refractivity contribution >= 4 is 0 Å². The van der Waals surface area contributed by atoms with Crippen LogP contribution >= 0.6 is 0 Å². The smallest absolute Gasteiger partial charge is 0.227 e. The maximum Gasteiger partial charge on any atom is 0.227 e. The summed E-state index contributed by atoms with van der Waals surface area (Å²) >= 11 is 0. The van der Waals surface area contributed by atoms with E-state index in [1.54, 1.807) is 19.9 Å². The highest BCUT2D eigenvalue weighted by Gasteiger charge is 2.69. The van der Waals surface area contributed by atoms with E-state index in [4.69, 9.17) is 23.7 Å². The van der Waals surface area contributed by atoms with Crippen LogP contribution in [0.2, 0.25) is 0 Å². The Hall–Kier alpha value is -0.500. The van der Waals surface area contributed by atoms with Crippen molar-refractivity contribution in [1.82, 2.24) is 0 Å². The molecule has 0 bridgehead atoms. The molecule has 0 saturated carbocycles. The van der Waals surface area contributed by atoms with Gasteiger partial charge in [-0.25, -0.2) is 0 Å². The highest BCUT2D eigenvalue weighted by atomic mass is 16.9. The van der Waals surface area contributed by atoms with Gasteiger partial charge in [0.05, 0.1) is 6.61 Å². The number of aliphatic hydroxyl groups is 1. The molecule has 3 heterocycles. The van der Waals surface area contributed by atoms with Crippen molar-refractivity contribution in [2.24, 2.45) is 0 Å². The Morgan fingerprint density at radius 3 is 2.57 bits per heavy atom. The van der Waals surface area contributed by atoms with Gasteiger partial charge in [-0.05, 0) is 34.1 Å². The lowest BCUT2D eigenvalue weighted by Gasteiger charge is -2.38. The zero-order valence-electron chi connectivity index (χ0n) is 13.0. The summed E-state index contributed by atoms with van der Waals surface area (Å²) in [5, 5.41) is 10.5. The zero-order valence-corrected chi connectivity index (χ0v) is 13.0. The number of aliphatic hydroxyl groups excluding tert-OH is 1. The normalized spacial score (nSPS) is 44.9. The molecule has 3 saturated heterocycles. The van der Waals surface area contributed by atoms with Gasteiger partial charge in [0.15, 0.2) is 11.6 Å². The van der Waals surface area contributed by atoms with Crippen molar-refractivity contribution < 1.29 is 28.8 Å². The predicted molar refractivity (Wildman–Crippen MR) is 73.4 cm³/mol. The minimum absolute atomic E-state index is 0.321. The van der Waals surface area contributed by atoms with E-state index in [0.29, 0.717) is 13.0 Å².